The fourth-order valence-electron chi connectivity index (χ4n) is 2.50. The van der Waals surface area contributed by atoms with Gasteiger partial charge in [-0.1, -0.05) is 33.1 Å². The minimum Gasteiger partial charge on any atom is -0.351 e. The molecule has 100 valence electrons. The maximum atomic E-state index is 11.8. The summed E-state index contributed by atoms with van der Waals surface area (Å²) in [5.41, 5.74) is 0.0702. The van der Waals surface area contributed by atoms with Gasteiger partial charge in [0.05, 0.1) is 0 Å². The SMILES string of the molecule is CC(C)NCCCC(=O)NC1(C)CCCCC1. The van der Waals surface area contributed by atoms with E-state index in [1.165, 1.54) is 19.3 Å². The van der Waals surface area contributed by atoms with Crippen molar-refractivity contribution in [2.24, 2.45) is 0 Å². The summed E-state index contributed by atoms with van der Waals surface area (Å²) in [5.74, 6) is 0.222. The molecule has 0 aromatic rings. The van der Waals surface area contributed by atoms with E-state index in [2.05, 4.69) is 31.4 Å². The van der Waals surface area contributed by atoms with Gasteiger partial charge in [0.1, 0.15) is 0 Å². The molecular weight excluding hydrogens is 212 g/mol. The molecular formula is C14H28N2O. The van der Waals surface area contributed by atoms with Gasteiger partial charge < -0.3 is 10.6 Å². The summed E-state index contributed by atoms with van der Waals surface area (Å²) in [4.78, 5) is 11.8. The fourth-order valence-corrected chi connectivity index (χ4v) is 2.50. The number of hydrogen-bond acceptors (Lipinski definition) is 2. The molecule has 1 amide bonds. The van der Waals surface area contributed by atoms with Crippen LogP contribution in [-0.2, 0) is 4.79 Å². The molecule has 1 rings (SSSR count). The smallest absolute Gasteiger partial charge is 0.220 e. The summed E-state index contributed by atoms with van der Waals surface area (Å²) in [6.45, 7) is 7.38. The largest absolute Gasteiger partial charge is 0.351 e. The Hall–Kier alpha value is -0.570. The zero-order valence-corrected chi connectivity index (χ0v) is 11.6. The van der Waals surface area contributed by atoms with E-state index in [1.807, 2.05) is 0 Å². The van der Waals surface area contributed by atoms with Crippen molar-refractivity contribution < 1.29 is 4.79 Å². The van der Waals surface area contributed by atoms with Crippen molar-refractivity contribution in [1.82, 2.24) is 10.6 Å². The standard InChI is InChI=1S/C14H28N2O/c1-12(2)15-11-7-8-13(17)16-14(3)9-5-4-6-10-14/h12,15H,4-11H2,1-3H3,(H,16,17). The molecule has 0 heterocycles. The van der Waals surface area contributed by atoms with Crippen molar-refractivity contribution in [2.75, 3.05) is 6.54 Å². The van der Waals surface area contributed by atoms with Gasteiger partial charge >= 0.3 is 0 Å². The van der Waals surface area contributed by atoms with E-state index < -0.39 is 0 Å². The molecule has 1 aliphatic carbocycles. The van der Waals surface area contributed by atoms with Crippen LogP contribution in [-0.4, -0.2) is 24.0 Å². The normalized spacial score (nSPS) is 19.3. The summed E-state index contributed by atoms with van der Waals surface area (Å²) >= 11 is 0. The van der Waals surface area contributed by atoms with Crippen molar-refractivity contribution >= 4 is 5.91 Å². The molecule has 0 unspecified atom stereocenters. The van der Waals surface area contributed by atoms with E-state index in [9.17, 15) is 4.79 Å². The maximum Gasteiger partial charge on any atom is 0.220 e. The second-order valence-electron chi connectivity index (χ2n) is 5.88. The van der Waals surface area contributed by atoms with Gasteiger partial charge in [0.15, 0.2) is 0 Å². The molecule has 0 atom stereocenters. The van der Waals surface area contributed by atoms with Gasteiger partial charge in [0.2, 0.25) is 5.91 Å². The first-order valence-corrected chi connectivity index (χ1v) is 7.06. The summed E-state index contributed by atoms with van der Waals surface area (Å²) in [6, 6.07) is 0.508. The van der Waals surface area contributed by atoms with Crippen LogP contribution in [0, 0.1) is 0 Å². The van der Waals surface area contributed by atoms with Gasteiger partial charge in [0, 0.05) is 18.0 Å². The zero-order valence-electron chi connectivity index (χ0n) is 11.6. The van der Waals surface area contributed by atoms with Crippen molar-refractivity contribution in [2.45, 2.75) is 77.3 Å². The molecule has 0 saturated heterocycles. The van der Waals surface area contributed by atoms with Gasteiger partial charge in [0.25, 0.3) is 0 Å². The van der Waals surface area contributed by atoms with E-state index in [0.717, 1.165) is 25.8 Å². The Bertz CT molecular complexity index is 232. The van der Waals surface area contributed by atoms with Crippen LogP contribution in [0.3, 0.4) is 0 Å². The van der Waals surface area contributed by atoms with E-state index in [0.29, 0.717) is 12.5 Å². The Morgan fingerprint density at radius 3 is 2.47 bits per heavy atom. The van der Waals surface area contributed by atoms with Crippen molar-refractivity contribution in [3.63, 3.8) is 0 Å². The lowest BCUT2D eigenvalue weighted by atomic mass is 9.83. The van der Waals surface area contributed by atoms with Crippen LogP contribution in [0.15, 0.2) is 0 Å². The summed E-state index contributed by atoms with van der Waals surface area (Å²) in [6.07, 6.45) is 7.70. The van der Waals surface area contributed by atoms with Crippen molar-refractivity contribution in [1.29, 1.82) is 0 Å². The molecule has 1 fully saturated rings. The second-order valence-corrected chi connectivity index (χ2v) is 5.88. The molecule has 0 aromatic carbocycles. The first kappa shape index (κ1) is 14.5. The Labute approximate surface area is 106 Å². The van der Waals surface area contributed by atoms with E-state index in [1.54, 1.807) is 0 Å². The van der Waals surface area contributed by atoms with Crippen LogP contribution in [0.2, 0.25) is 0 Å². The Kier molecular flexibility index (Phi) is 5.96. The number of carbonyl (C=O) groups is 1. The Balaban J connectivity index is 2.15. The minimum absolute atomic E-state index is 0.0702. The lowest BCUT2D eigenvalue weighted by molar-refractivity contribution is -0.123. The highest BCUT2D eigenvalue weighted by Gasteiger charge is 2.27. The Morgan fingerprint density at radius 1 is 1.24 bits per heavy atom. The number of rotatable bonds is 6. The first-order chi connectivity index (χ1) is 8.02. The highest BCUT2D eigenvalue weighted by atomic mass is 16.1. The topological polar surface area (TPSA) is 41.1 Å². The molecule has 0 bridgehead atoms. The second kappa shape index (κ2) is 7.00. The highest BCUT2D eigenvalue weighted by Crippen LogP contribution is 2.27. The number of nitrogens with one attached hydrogen (secondary N) is 2. The third-order valence-electron chi connectivity index (χ3n) is 3.53. The predicted octanol–water partition coefficient (Wildman–Crippen LogP) is 2.60. The molecule has 0 aromatic heterocycles. The molecule has 3 heteroatoms. The fraction of sp³-hybridized carbons (Fsp3) is 0.929. The Morgan fingerprint density at radius 2 is 1.88 bits per heavy atom. The van der Waals surface area contributed by atoms with Crippen LogP contribution in [0.4, 0.5) is 0 Å². The van der Waals surface area contributed by atoms with Crippen LogP contribution in [0.5, 0.6) is 0 Å². The predicted molar refractivity (Wildman–Crippen MR) is 72.0 cm³/mol. The van der Waals surface area contributed by atoms with Gasteiger partial charge in [-0.15, -0.1) is 0 Å². The summed E-state index contributed by atoms with van der Waals surface area (Å²) < 4.78 is 0. The number of hydrogen-bond donors (Lipinski definition) is 2. The molecule has 0 aliphatic heterocycles. The van der Waals surface area contributed by atoms with E-state index in [-0.39, 0.29) is 11.4 Å². The monoisotopic (exact) mass is 240 g/mol. The molecule has 0 radical (unpaired) electrons. The average Bonchev–Trinajstić information content (AvgIpc) is 2.24. The molecule has 17 heavy (non-hydrogen) atoms. The van der Waals surface area contributed by atoms with E-state index in [4.69, 9.17) is 0 Å². The van der Waals surface area contributed by atoms with Crippen molar-refractivity contribution in [3.05, 3.63) is 0 Å². The quantitative estimate of drug-likeness (QED) is 0.701. The van der Waals surface area contributed by atoms with Gasteiger partial charge in [-0.2, -0.15) is 0 Å². The summed E-state index contributed by atoms with van der Waals surface area (Å²) in [5, 5.41) is 6.55. The minimum atomic E-state index is 0.0702. The highest BCUT2D eigenvalue weighted by molar-refractivity contribution is 5.76. The number of carbonyl (C=O) groups excluding carboxylic acids is 1. The first-order valence-electron chi connectivity index (χ1n) is 7.06. The summed E-state index contributed by atoms with van der Waals surface area (Å²) in [7, 11) is 0. The lowest BCUT2D eigenvalue weighted by Crippen LogP contribution is -2.47. The average molecular weight is 240 g/mol. The molecule has 2 N–H and O–H groups in total. The van der Waals surface area contributed by atoms with Crippen LogP contribution >= 0.6 is 0 Å². The van der Waals surface area contributed by atoms with Crippen molar-refractivity contribution in [3.8, 4) is 0 Å². The molecule has 1 aliphatic rings. The van der Waals surface area contributed by atoms with Gasteiger partial charge in [-0.25, -0.2) is 0 Å². The van der Waals surface area contributed by atoms with Crippen LogP contribution in [0.1, 0.15) is 65.7 Å². The number of amides is 1. The zero-order chi connectivity index (χ0) is 12.7. The third kappa shape index (κ3) is 6.06. The van der Waals surface area contributed by atoms with Crippen LogP contribution in [0.25, 0.3) is 0 Å². The molecule has 3 nitrogen and oxygen atoms in total. The lowest BCUT2D eigenvalue weighted by Gasteiger charge is -2.34. The van der Waals surface area contributed by atoms with E-state index >= 15 is 0 Å². The van der Waals surface area contributed by atoms with Gasteiger partial charge in [-0.3, -0.25) is 4.79 Å². The van der Waals surface area contributed by atoms with Gasteiger partial charge in [-0.05, 0) is 32.7 Å². The maximum absolute atomic E-state index is 11.8. The van der Waals surface area contributed by atoms with Crippen LogP contribution < -0.4 is 10.6 Å². The molecule has 0 spiro atoms. The third-order valence-corrected chi connectivity index (χ3v) is 3.53. The molecule has 1 saturated carbocycles.